The van der Waals surface area contributed by atoms with Crippen molar-refractivity contribution >= 4 is 29.4 Å². The van der Waals surface area contributed by atoms with Gasteiger partial charge in [0, 0.05) is 11.8 Å². The number of carbonyl (C=O) groups excluding carboxylic acids is 5. The Kier molecular flexibility index (Phi) is 5.05. The summed E-state index contributed by atoms with van der Waals surface area (Å²) in [5, 5.41) is 0.897. The second-order valence-electron chi connectivity index (χ2n) is 7.88. The summed E-state index contributed by atoms with van der Waals surface area (Å²) >= 11 is 0. The number of fused-ring (bicyclic) bond motifs is 5. The second kappa shape index (κ2) is 7.29. The van der Waals surface area contributed by atoms with E-state index in [1.165, 1.54) is 18.2 Å². The van der Waals surface area contributed by atoms with E-state index in [1.54, 1.807) is 0 Å². The molecule has 0 spiro atoms. The van der Waals surface area contributed by atoms with Gasteiger partial charge in [0.25, 0.3) is 11.5 Å². The molecule has 1 amide bonds. The zero-order valence-corrected chi connectivity index (χ0v) is 17.2. The molecule has 2 fully saturated rings. The van der Waals surface area contributed by atoms with E-state index in [2.05, 4.69) is 9.47 Å². The number of allylic oxidation sites excluding steroid dienone is 1. The maximum absolute atomic E-state index is 13.6. The van der Waals surface area contributed by atoms with Crippen LogP contribution in [0.25, 0.3) is 0 Å². The van der Waals surface area contributed by atoms with E-state index < -0.39 is 70.6 Å². The topological polar surface area (TPSA) is 110 Å². The fraction of sp³-hybridized carbons (Fsp3) is 0.350. The van der Waals surface area contributed by atoms with Crippen LogP contribution in [0, 0.1) is 5.92 Å². The normalized spacial score (nSPS) is 30.0. The van der Waals surface area contributed by atoms with Gasteiger partial charge < -0.3 is 9.47 Å². The van der Waals surface area contributed by atoms with Crippen molar-refractivity contribution < 1.29 is 59.8 Å². The first-order chi connectivity index (χ1) is 16.1. The van der Waals surface area contributed by atoms with Gasteiger partial charge in [-0.15, -0.1) is 0 Å². The zero-order chi connectivity index (χ0) is 26.1. The van der Waals surface area contributed by atoms with Gasteiger partial charge >= 0.3 is 24.3 Å². The summed E-state index contributed by atoms with van der Waals surface area (Å²) in [5.74, 6) is -11.8. The monoisotopic (exact) mass is 506 g/mol. The van der Waals surface area contributed by atoms with Crippen LogP contribution in [-0.2, 0) is 39.0 Å². The SMILES string of the molecule is CC1(OC(=O)C(F)(F)F)C2C(=O)C=CN1N1C(=O)C(OC(=O)C(F)(F)F)(c3ccccc3)C(=O)C21. The molecule has 0 aliphatic carbocycles. The highest BCUT2D eigenvalue weighted by Crippen LogP contribution is 2.53. The molecule has 1 aromatic rings. The summed E-state index contributed by atoms with van der Waals surface area (Å²) in [4.78, 5) is 63.0. The zero-order valence-electron chi connectivity index (χ0n) is 17.2. The van der Waals surface area contributed by atoms with Crippen LogP contribution in [0.15, 0.2) is 42.6 Å². The van der Waals surface area contributed by atoms with E-state index in [-0.39, 0.29) is 0 Å². The lowest BCUT2D eigenvalue weighted by Crippen LogP contribution is -2.59. The van der Waals surface area contributed by atoms with Crippen molar-refractivity contribution in [3.8, 4) is 0 Å². The molecule has 15 heteroatoms. The van der Waals surface area contributed by atoms with E-state index in [1.807, 2.05) is 0 Å². The smallest absolute Gasteiger partial charge is 0.430 e. The highest BCUT2D eigenvalue weighted by molar-refractivity contribution is 6.21. The number of carbonyl (C=O) groups is 5. The van der Waals surface area contributed by atoms with Crippen molar-refractivity contribution in [3.05, 3.63) is 48.2 Å². The molecule has 2 saturated heterocycles. The summed E-state index contributed by atoms with van der Waals surface area (Å²) in [7, 11) is 0. The third-order valence-corrected chi connectivity index (χ3v) is 5.84. The summed E-state index contributed by atoms with van der Waals surface area (Å²) < 4.78 is 86.8. The van der Waals surface area contributed by atoms with Crippen LogP contribution in [0.2, 0.25) is 0 Å². The molecule has 186 valence electrons. The number of hydrogen-bond acceptors (Lipinski definition) is 8. The number of esters is 2. The highest BCUT2D eigenvalue weighted by atomic mass is 19.4. The van der Waals surface area contributed by atoms with E-state index in [0.717, 1.165) is 31.3 Å². The Labute approximate surface area is 190 Å². The van der Waals surface area contributed by atoms with Crippen molar-refractivity contribution in [1.82, 2.24) is 10.0 Å². The number of amides is 1. The Morgan fingerprint density at radius 1 is 0.914 bits per heavy atom. The van der Waals surface area contributed by atoms with Crippen LogP contribution in [0.5, 0.6) is 0 Å². The molecular weight excluding hydrogens is 494 g/mol. The van der Waals surface area contributed by atoms with Gasteiger partial charge in [0.2, 0.25) is 11.5 Å². The molecular formula is C20H12F6N2O7. The number of rotatable bonds is 3. The molecule has 1 aromatic carbocycles. The average Bonchev–Trinajstić information content (AvgIpc) is 3.03. The predicted molar refractivity (Wildman–Crippen MR) is 95.9 cm³/mol. The Morgan fingerprint density at radius 3 is 2.00 bits per heavy atom. The molecule has 2 bridgehead atoms. The standard InChI is InChI=1S/C20H12F6N2O7/c1-17(34-15(32)19(21,22)23)11-10(29)7-8-27(17)28-12(11)13(30)18(14(28)31,9-5-3-2-4-6-9)35-16(33)20(24,25)26/h2-8,11-12H,1H3. The fourth-order valence-corrected chi connectivity index (χ4v) is 4.42. The first-order valence-electron chi connectivity index (χ1n) is 9.62. The van der Waals surface area contributed by atoms with Crippen LogP contribution >= 0.6 is 0 Å². The number of hydrazine groups is 1. The number of nitrogens with zero attached hydrogens (tertiary/aromatic N) is 2. The molecule has 0 radical (unpaired) electrons. The number of hydrogen-bond donors (Lipinski definition) is 0. The predicted octanol–water partition coefficient (Wildman–Crippen LogP) is 1.53. The van der Waals surface area contributed by atoms with E-state index in [0.29, 0.717) is 10.0 Å². The van der Waals surface area contributed by atoms with E-state index in [4.69, 9.17) is 0 Å². The summed E-state index contributed by atoms with van der Waals surface area (Å²) in [6.45, 7) is 0.827. The molecule has 35 heavy (non-hydrogen) atoms. The average molecular weight is 506 g/mol. The van der Waals surface area contributed by atoms with Crippen molar-refractivity contribution in [2.24, 2.45) is 5.92 Å². The number of alkyl halides is 6. The Morgan fingerprint density at radius 2 is 1.46 bits per heavy atom. The molecule has 4 unspecified atom stereocenters. The third kappa shape index (κ3) is 3.28. The van der Waals surface area contributed by atoms with Crippen LogP contribution < -0.4 is 0 Å². The number of halogens is 6. The minimum Gasteiger partial charge on any atom is -0.430 e. The lowest BCUT2D eigenvalue weighted by Gasteiger charge is -2.41. The lowest BCUT2D eigenvalue weighted by atomic mass is 9.79. The van der Waals surface area contributed by atoms with Gasteiger partial charge in [0.1, 0.15) is 12.0 Å². The Balaban J connectivity index is 1.86. The number of Topliss-reactive ketones (excluding diaryl/α,β-unsaturated/α-hetero) is 1. The lowest BCUT2D eigenvalue weighted by molar-refractivity contribution is -0.238. The van der Waals surface area contributed by atoms with E-state index in [9.17, 15) is 50.3 Å². The number of ether oxygens (including phenoxy) is 2. The summed E-state index contributed by atoms with van der Waals surface area (Å²) in [6.07, 6.45) is -9.61. The fourth-order valence-electron chi connectivity index (χ4n) is 4.42. The Bertz CT molecular complexity index is 1180. The van der Waals surface area contributed by atoms with Crippen molar-refractivity contribution in [2.45, 2.75) is 36.6 Å². The quantitative estimate of drug-likeness (QED) is 0.345. The second-order valence-corrected chi connectivity index (χ2v) is 7.88. The third-order valence-electron chi connectivity index (χ3n) is 5.84. The number of benzene rings is 1. The van der Waals surface area contributed by atoms with E-state index >= 15 is 0 Å². The molecule has 3 heterocycles. The maximum atomic E-state index is 13.6. The van der Waals surface area contributed by atoms with Crippen molar-refractivity contribution in [2.75, 3.05) is 0 Å². The molecule has 0 aromatic heterocycles. The van der Waals surface area contributed by atoms with Gasteiger partial charge in [0.05, 0.1) is 0 Å². The first kappa shape index (κ1) is 24.2. The minimum atomic E-state index is -5.63. The van der Waals surface area contributed by atoms with Gasteiger partial charge in [-0.1, -0.05) is 30.3 Å². The number of ketones is 2. The molecule has 4 rings (SSSR count). The van der Waals surface area contributed by atoms with Crippen LogP contribution in [-0.4, -0.2) is 63.5 Å². The molecule has 0 N–H and O–H groups in total. The molecule has 9 nitrogen and oxygen atoms in total. The maximum Gasteiger partial charge on any atom is 0.491 e. The Hall–Kier alpha value is -3.91. The first-order valence-corrected chi connectivity index (χ1v) is 9.62. The van der Waals surface area contributed by atoms with Gasteiger partial charge in [-0.25, -0.2) is 19.6 Å². The van der Waals surface area contributed by atoms with Gasteiger partial charge in [0.15, 0.2) is 5.78 Å². The molecule has 3 aliphatic heterocycles. The largest absolute Gasteiger partial charge is 0.491 e. The van der Waals surface area contributed by atoms with Gasteiger partial charge in [-0.2, -0.15) is 26.3 Å². The molecule has 4 atom stereocenters. The van der Waals surface area contributed by atoms with Gasteiger partial charge in [-0.3, -0.25) is 14.4 Å². The van der Waals surface area contributed by atoms with Crippen LogP contribution in [0.1, 0.15) is 12.5 Å². The summed E-state index contributed by atoms with van der Waals surface area (Å²) in [5.41, 5.74) is -6.26. The van der Waals surface area contributed by atoms with Crippen molar-refractivity contribution in [1.29, 1.82) is 0 Å². The summed E-state index contributed by atoms with van der Waals surface area (Å²) in [6, 6.07) is 3.82. The molecule has 0 saturated carbocycles. The molecule has 3 aliphatic rings. The van der Waals surface area contributed by atoms with Gasteiger partial charge in [-0.05, 0) is 13.0 Å². The van der Waals surface area contributed by atoms with Crippen LogP contribution in [0.3, 0.4) is 0 Å². The van der Waals surface area contributed by atoms with Crippen LogP contribution in [0.4, 0.5) is 26.3 Å². The van der Waals surface area contributed by atoms with Crippen molar-refractivity contribution in [3.63, 3.8) is 0 Å². The highest BCUT2D eigenvalue weighted by Gasteiger charge is 2.77. The minimum absolute atomic E-state index is 0.370.